The van der Waals surface area contributed by atoms with E-state index < -0.39 is 6.10 Å². The van der Waals surface area contributed by atoms with Gasteiger partial charge >= 0.3 is 0 Å². The number of aryl methyl sites for hydroxylation is 1. The van der Waals surface area contributed by atoms with E-state index in [9.17, 15) is 0 Å². The molecule has 0 aliphatic heterocycles. The lowest BCUT2D eigenvalue weighted by Crippen LogP contribution is -2.07. The molecule has 0 saturated heterocycles. The zero-order chi connectivity index (χ0) is 8.27. The van der Waals surface area contributed by atoms with E-state index in [1.54, 1.807) is 13.1 Å². The first-order chi connectivity index (χ1) is 5.25. The molecular weight excluding hydrogens is 144 g/mol. The summed E-state index contributed by atoms with van der Waals surface area (Å²) in [4.78, 5) is 7.79. The maximum absolute atomic E-state index is 9.16. The van der Waals surface area contributed by atoms with Crippen LogP contribution in [0.3, 0.4) is 0 Å². The Balaban J connectivity index is 2.93. The molecular formula is C7H10N2O2. The highest BCUT2D eigenvalue weighted by atomic mass is 16.3. The van der Waals surface area contributed by atoms with Crippen LogP contribution < -0.4 is 0 Å². The molecule has 0 spiro atoms. The summed E-state index contributed by atoms with van der Waals surface area (Å²) in [6.45, 7) is 1.42. The van der Waals surface area contributed by atoms with Crippen LogP contribution in [0.4, 0.5) is 0 Å². The molecule has 0 fully saturated rings. The van der Waals surface area contributed by atoms with Crippen molar-refractivity contribution in [2.75, 3.05) is 6.61 Å². The summed E-state index contributed by atoms with van der Waals surface area (Å²) in [7, 11) is 0. The number of aliphatic hydroxyl groups is 2. The van der Waals surface area contributed by atoms with Gasteiger partial charge in [-0.25, -0.2) is 0 Å². The molecule has 0 radical (unpaired) electrons. The minimum Gasteiger partial charge on any atom is -0.393 e. The van der Waals surface area contributed by atoms with Gasteiger partial charge in [0.25, 0.3) is 0 Å². The van der Waals surface area contributed by atoms with Crippen molar-refractivity contribution in [1.82, 2.24) is 9.97 Å². The Labute approximate surface area is 64.6 Å². The molecule has 1 aromatic rings. The SMILES string of the molecule is Cc1nccnc1C(O)CO. The van der Waals surface area contributed by atoms with Gasteiger partial charge < -0.3 is 10.2 Å². The smallest absolute Gasteiger partial charge is 0.121 e. The topological polar surface area (TPSA) is 66.2 Å². The third kappa shape index (κ3) is 1.72. The summed E-state index contributed by atoms with van der Waals surface area (Å²) in [6, 6.07) is 0. The second kappa shape index (κ2) is 3.41. The van der Waals surface area contributed by atoms with E-state index in [1.165, 1.54) is 6.20 Å². The molecule has 1 unspecified atom stereocenters. The van der Waals surface area contributed by atoms with E-state index in [0.717, 1.165) is 0 Å². The van der Waals surface area contributed by atoms with Crippen molar-refractivity contribution in [2.24, 2.45) is 0 Å². The Bertz CT molecular complexity index is 240. The van der Waals surface area contributed by atoms with Gasteiger partial charge in [0.05, 0.1) is 18.0 Å². The van der Waals surface area contributed by atoms with E-state index >= 15 is 0 Å². The molecule has 4 heteroatoms. The van der Waals surface area contributed by atoms with Crippen LogP contribution in [0.1, 0.15) is 17.5 Å². The lowest BCUT2D eigenvalue weighted by molar-refractivity contribution is 0.0913. The van der Waals surface area contributed by atoms with Crippen molar-refractivity contribution < 1.29 is 10.2 Å². The fourth-order valence-corrected chi connectivity index (χ4v) is 0.832. The number of rotatable bonds is 2. The van der Waals surface area contributed by atoms with Gasteiger partial charge in [-0.1, -0.05) is 0 Å². The Morgan fingerprint density at radius 3 is 2.64 bits per heavy atom. The molecule has 11 heavy (non-hydrogen) atoms. The van der Waals surface area contributed by atoms with E-state index in [4.69, 9.17) is 10.2 Å². The third-order valence-electron chi connectivity index (χ3n) is 1.41. The largest absolute Gasteiger partial charge is 0.393 e. The molecule has 1 atom stereocenters. The Morgan fingerprint density at radius 1 is 1.45 bits per heavy atom. The molecule has 0 aliphatic rings. The monoisotopic (exact) mass is 154 g/mol. The molecule has 0 saturated carbocycles. The predicted octanol–water partition coefficient (Wildman–Crippen LogP) is -0.189. The molecule has 1 rings (SSSR count). The summed E-state index contributed by atoms with van der Waals surface area (Å²) < 4.78 is 0. The molecule has 0 bridgehead atoms. The highest BCUT2D eigenvalue weighted by Crippen LogP contribution is 2.10. The van der Waals surface area contributed by atoms with Gasteiger partial charge in [0.1, 0.15) is 6.10 Å². The van der Waals surface area contributed by atoms with E-state index in [-0.39, 0.29) is 6.61 Å². The second-order valence-electron chi connectivity index (χ2n) is 2.23. The van der Waals surface area contributed by atoms with Crippen molar-refractivity contribution in [3.05, 3.63) is 23.8 Å². The molecule has 4 nitrogen and oxygen atoms in total. The zero-order valence-electron chi connectivity index (χ0n) is 6.23. The number of aliphatic hydroxyl groups excluding tert-OH is 2. The Morgan fingerprint density at radius 2 is 2.09 bits per heavy atom. The lowest BCUT2D eigenvalue weighted by Gasteiger charge is -2.07. The van der Waals surface area contributed by atoms with Crippen LogP contribution in [0.15, 0.2) is 12.4 Å². The second-order valence-corrected chi connectivity index (χ2v) is 2.23. The maximum atomic E-state index is 9.16. The van der Waals surface area contributed by atoms with Crippen LogP contribution in [0.5, 0.6) is 0 Å². The van der Waals surface area contributed by atoms with E-state index in [1.807, 2.05) is 0 Å². The van der Waals surface area contributed by atoms with Crippen LogP contribution >= 0.6 is 0 Å². The standard InChI is InChI=1S/C7H10N2O2/c1-5-7(6(11)4-10)9-3-2-8-5/h2-3,6,10-11H,4H2,1H3. The number of hydrogen-bond donors (Lipinski definition) is 2. The Kier molecular flexibility index (Phi) is 2.51. The minimum atomic E-state index is -0.913. The van der Waals surface area contributed by atoms with Crippen LogP contribution in [-0.2, 0) is 0 Å². The lowest BCUT2D eigenvalue weighted by atomic mass is 10.2. The number of nitrogens with zero attached hydrogens (tertiary/aromatic N) is 2. The molecule has 0 amide bonds. The molecule has 60 valence electrons. The molecule has 1 aromatic heterocycles. The van der Waals surface area contributed by atoms with Gasteiger partial charge in [0, 0.05) is 12.4 Å². The van der Waals surface area contributed by atoms with Crippen molar-refractivity contribution in [3.63, 3.8) is 0 Å². The Hall–Kier alpha value is -1.00. The molecule has 1 heterocycles. The summed E-state index contributed by atoms with van der Waals surface area (Å²) >= 11 is 0. The first-order valence-electron chi connectivity index (χ1n) is 3.32. The van der Waals surface area contributed by atoms with E-state index in [2.05, 4.69) is 9.97 Å². The summed E-state index contributed by atoms with van der Waals surface area (Å²) in [5.41, 5.74) is 1.09. The van der Waals surface area contributed by atoms with Crippen LogP contribution in [0.2, 0.25) is 0 Å². The fraction of sp³-hybridized carbons (Fsp3) is 0.429. The van der Waals surface area contributed by atoms with Crippen molar-refractivity contribution in [3.8, 4) is 0 Å². The van der Waals surface area contributed by atoms with Gasteiger partial charge in [-0.15, -0.1) is 0 Å². The predicted molar refractivity (Wildman–Crippen MR) is 38.8 cm³/mol. The van der Waals surface area contributed by atoms with E-state index in [0.29, 0.717) is 11.4 Å². The highest BCUT2D eigenvalue weighted by Gasteiger charge is 2.09. The van der Waals surface area contributed by atoms with Gasteiger partial charge in [-0.05, 0) is 6.92 Å². The van der Waals surface area contributed by atoms with Crippen LogP contribution in [0.25, 0.3) is 0 Å². The molecule has 0 aliphatic carbocycles. The first kappa shape index (κ1) is 8.10. The van der Waals surface area contributed by atoms with Crippen LogP contribution in [0, 0.1) is 6.92 Å². The zero-order valence-corrected chi connectivity index (χ0v) is 6.23. The van der Waals surface area contributed by atoms with Crippen molar-refractivity contribution in [1.29, 1.82) is 0 Å². The quantitative estimate of drug-likeness (QED) is 0.619. The van der Waals surface area contributed by atoms with Gasteiger partial charge in [-0.3, -0.25) is 9.97 Å². The molecule has 2 N–H and O–H groups in total. The minimum absolute atomic E-state index is 0.320. The highest BCUT2D eigenvalue weighted by molar-refractivity contribution is 5.11. The average molecular weight is 154 g/mol. The van der Waals surface area contributed by atoms with Crippen molar-refractivity contribution in [2.45, 2.75) is 13.0 Å². The number of hydrogen-bond acceptors (Lipinski definition) is 4. The summed E-state index contributed by atoms with van der Waals surface area (Å²) in [5.74, 6) is 0. The number of aromatic nitrogens is 2. The van der Waals surface area contributed by atoms with Crippen molar-refractivity contribution >= 4 is 0 Å². The summed E-state index contributed by atoms with van der Waals surface area (Å²) in [5, 5.41) is 17.8. The fourth-order valence-electron chi connectivity index (χ4n) is 0.832. The summed E-state index contributed by atoms with van der Waals surface area (Å²) in [6.07, 6.45) is 2.12. The van der Waals surface area contributed by atoms with Gasteiger partial charge in [-0.2, -0.15) is 0 Å². The third-order valence-corrected chi connectivity index (χ3v) is 1.41. The van der Waals surface area contributed by atoms with Crippen LogP contribution in [-0.4, -0.2) is 26.8 Å². The maximum Gasteiger partial charge on any atom is 0.121 e. The average Bonchev–Trinajstić information content (AvgIpc) is 2.04. The molecule has 0 aromatic carbocycles. The first-order valence-corrected chi connectivity index (χ1v) is 3.32. The van der Waals surface area contributed by atoms with Gasteiger partial charge in [0.2, 0.25) is 0 Å². The normalized spacial score (nSPS) is 13.0. The van der Waals surface area contributed by atoms with Gasteiger partial charge in [0.15, 0.2) is 0 Å².